The van der Waals surface area contributed by atoms with Crippen LogP contribution in [0, 0.1) is 11.8 Å². The molecule has 2 atom stereocenters. The molecule has 2 saturated carbocycles. The minimum absolute atomic E-state index is 0.669. The maximum atomic E-state index is 3.69. The normalized spacial score (nSPS) is 35.3. The second kappa shape index (κ2) is 4.00. The Balaban J connectivity index is 1.77. The van der Waals surface area contributed by atoms with Crippen LogP contribution in [0.15, 0.2) is 0 Å². The SMILES string of the molecule is CC(C)NC1CCCC(C2CC2)C1. The molecular formula is C12H23N. The molecule has 0 aromatic heterocycles. The zero-order valence-corrected chi connectivity index (χ0v) is 9.05. The molecule has 0 aromatic rings. The van der Waals surface area contributed by atoms with E-state index in [2.05, 4.69) is 19.2 Å². The van der Waals surface area contributed by atoms with Gasteiger partial charge in [-0.2, -0.15) is 0 Å². The Morgan fingerprint density at radius 1 is 1.00 bits per heavy atom. The first-order chi connectivity index (χ1) is 6.25. The van der Waals surface area contributed by atoms with Crippen molar-refractivity contribution >= 4 is 0 Å². The van der Waals surface area contributed by atoms with E-state index in [9.17, 15) is 0 Å². The van der Waals surface area contributed by atoms with Gasteiger partial charge in [-0.3, -0.25) is 0 Å². The molecule has 2 aliphatic carbocycles. The first-order valence-corrected chi connectivity index (χ1v) is 6.01. The molecule has 0 aromatic carbocycles. The summed E-state index contributed by atoms with van der Waals surface area (Å²) in [5.41, 5.74) is 0. The van der Waals surface area contributed by atoms with Gasteiger partial charge in [-0.1, -0.05) is 26.7 Å². The summed E-state index contributed by atoms with van der Waals surface area (Å²) in [4.78, 5) is 0. The fourth-order valence-electron chi connectivity index (χ4n) is 2.85. The molecule has 0 radical (unpaired) electrons. The molecule has 1 heteroatoms. The average molecular weight is 181 g/mol. The monoisotopic (exact) mass is 181 g/mol. The highest BCUT2D eigenvalue weighted by Gasteiger charge is 2.34. The van der Waals surface area contributed by atoms with Gasteiger partial charge >= 0.3 is 0 Å². The number of rotatable bonds is 3. The van der Waals surface area contributed by atoms with Gasteiger partial charge in [0.25, 0.3) is 0 Å². The van der Waals surface area contributed by atoms with Crippen LogP contribution in [0.1, 0.15) is 52.4 Å². The predicted octanol–water partition coefficient (Wildman–Crippen LogP) is 2.95. The summed E-state index contributed by atoms with van der Waals surface area (Å²) >= 11 is 0. The van der Waals surface area contributed by atoms with Crippen molar-refractivity contribution < 1.29 is 0 Å². The lowest BCUT2D eigenvalue weighted by Crippen LogP contribution is -2.38. The van der Waals surface area contributed by atoms with E-state index in [1.807, 2.05) is 0 Å². The van der Waals surface area contributed by atoms with E-state index in [1.54, 1.807) is 0 Å². The van der Waals surface area contributed by atoms with Crippen LogP contribution in [0.5, 0.6) is 0 Å². The second-order valence-electron chi connectivity index (χ2n) is 5.28. The highest BCUT2D eigenvalue weighted by Crippen LogP contribution is 2.43. The fourth-order valence-corrected chi connectivity index (χ4v) is 2.85. The lowest BCUT2D eigenvalue weighted by atomic mass is 9.82. The molecule has 2 rings (SSSR count). The second-order valence-corrected chi connectivity index (χ2v) is 5.28. The van der Waals surface area contributed by atoms with Crippen molar-refractivity contribution in [3.8, 4) is 0 Å². The maximum absolute atomic E-state index is 3.69. The Morgan fingerprint density at radius 3 is 2.38 bits per heavy atom. The molecule has 1 N–H and O–H groups in total. The molecule has 0 amide bonds. The Bertz CT molecular complexity index is 161. The fraction of sp³-hybridized carbons (Fsp3) is 1.00. The lowest BCUT2D eigenvalue weighted by molar-refractivity contribution is 0.252. The van der Waals surface area contributed by atoms with Crippen LogP contribution in [0.25, 0.3) is 0 Å². The lowest BCUT2D eigenvalue weighted by Gasteiger charge is -2.31. The highest BCUT2D eigenvalue weighted by molar-refractivity contribution is 4.88. The molecule has 0 bridgehead atoms. The van der Waals surface area contributed by atoms with Gasteiger partial charge < -0.3 is 5.32 Å². The number of hydrogen-bond acceptors (Lipinski definition) is 1. The molecule has 0 saturated heterocycles. The van der Waals surface area contributed by atoms with Gasteiger partial charge in [-0.15, -0.1) is 0 Å². The molecule has 2 fully saturated rings. The quantitative estimate of drug-likeness (QED) is 0.706. The molecule has 0 heterocycles. The molecule has 0 aliphatic heterocycles. The van der Waals surface area contributed by atoms with Crippen molar-refractivity contribution in [3.63, 3.8) is 0 Å². The van der Waals surface area contributed by atoms with Crippen LogP contribution in [0.2, 0.25) is 0 Å². The van der Waals surface area contributed by atoms with Crippen molar-refractivity contribution in [2.24, 2.45) is 11.8 Å². The topological polar surface area (TPSA) is 12.0 Å². The third-order valence-corrected chi connectivity index (χ3v) is 3.57. The Labute approximate surface area is 82.3 Å². The van der Waals surface area contributed by atoms with Gasteiger partial charge in [-0.05, 0) is 37.5 Å². The Morgan fingerprint density at radius 2 is 1.77 bits per heavy atom. The molecule has 2 aliphatic rings. The summed E-state index contributed by atoms with van der Waals surface area (Å²) in [6.45, 7) is 4.53. The van der Waals surface area contributed by atoms with Gasteiger partial charge in [0.15, 0.2) is 0 Å². The third-order valence-electron chi connectivity index (χ3n) is 3.57. The number of nitrogens with one attached hydrogen (secondary N) is 1. The molecule has 0 spiro atoms. The zero-order valence-electron chi connectivity index (χ0n) is 9.05. The maximum Gasteiger partial charge on any atom is 0.00721 e. The van der Waals surface area contributed by atoms with Crippen LogP contribution in [0.3, 0.4) is 0 Å². The van der Waals surface area contributed by atoms with Gasteiger partial charge in [0, 0.05) is 12.1 Å². The van der Waals surface area contributed by atoms with Crippen LogP contribution in [-0.2, 0) is 0 Å². The van der Waals surface area contributed by atoms with Crippen LogP contribution in [-0.4, -0.2) is 12.1 Å². The van der Waals surface area contributed by atoms with Crippen LogP contribution >= 0.6 is 0 Å². The molecule has 13 heavy (non-hydrogen) atoms. The summed E-state index contributed by atoms with van der Waals surface area (Å²) < 4.78 is 0. The summed E-state index contributed by atoms with van der Waals surface area (Å²) in [5, 5.41) is 3.69. The summed E-state index contributed by atoms with van der Waals surface area (Å²) in [6, 6.07) is 1.50. The van der Waals surface area contributed by atoms with Crippen LogP contribution < -0.4 is 5.32 Å². The van der Waals surface area contributed by atoms with E-state index in [4.69, 9.17) is 0 Å². The third kappa shape index (κ3) is 2.70. The summed E-state index contributed by atoms with van der Waals surface area (Å²) in [6.07, 6.45) is 8.91. The molecular weight excluding hydrogens is 158 g/mol. The first-order valence-electron chi connectivity index (χ1n) is 6.01. The summed E-state index contributed by atoms with van der Waals surface area (Å²) in [5.74, 6) is 2.20. The van der Waals surface area contributed by atoms with Crippen molar-refractivity contribution in [2.75, 3.05) is 0 Å². The van der Waals surface area contributed by atoms with Crippen molar-refractivity contribution in [2.45, 2.75) is 64.5 Å². The van der Waals surface area contributed by atoms with Gasteiger partial charge in [0.1, 0.15) is 0 Å². The highest BCUT2D eigenvalue weighted by atomic mass is 14.9. The van der Waals surface area contributed by atoms with Crippen molar-refractivity contribution in [1.29, 1.82) is 0 Å². The largest absolute Gasteiger partial charge is 0.312 e. The summed E-state index contributed by atoms with van der Waals surface area (Å²) in [7, 11) is 0. The van der Waals surface area contributed by atoms with Crippen molar-refractivity contribution in [1.82, 2.24) is 5.32 Å². The standard InChI is InChI=1S/C12H23N/c1-9(2)13-12-5-3-4-11(8-12)10-6-7-10/h9-13H,3-8H2,1-2H3. The van der Waals surface area contributed by atoms with Gasteiger partial charge in [-0.25, -0.2) is 0 Å². The van der Waals surface area contributed by atoms with E-state index in [1.165, 1.54) is 38.5 Å². The van der Waals surface area contributed by atoms with Gasteiger partial charge in [0.05, 0.1) is 0 Å². The van der Waals surface area contributed by atoms with Crippen LogP contribution in [0.4, 0.5) is 0 Å². The molecule has 2 unspecified atom stereocenters. The first kappa shape index (κ1) is 9.51. The van der Waals surface area contributed by atoms with Crippen molar-refractivity contribution in [3.05, 3.63) is 0 Å². The average Bonchev–Trinajstić information content (AvgIpc) is 2.85. The molecule has 76 valence electrons. The van der Waals surface area contributed by atoms with E-state index >= 15 is 0 Å². The predicted molar refractivity (Wildman–Crippen MR) is 56.7 cm³/mol. The number of hydrogen-bond donors (Lipinski definition) is 1. The minimum Gasteiger partial charge on any atom is -0.312 e. The smallest absolute Gasteiger partial charge is 0.00721 e. The minimum atomic E-state index is 0.669. The van der Waals surface area contributed by atoms with E-state index in [-0.39, 0.29) is 0 Å². The van der Waals surface area contributed by atoms with E-state index in [0.717, 1.165) is 17.9 Å². The zero-order chi connectivity index (χ0) is 9.26. The Hall–Kier alpha value is -0.0400. The Kier molecular flexibility index (Phi) is 2.92. The van der Waals surface area contributed by atoms with E-state index in [0.29, 0.717) is 6.04 Å². The van der Waals surface area contributed by atoms with Gasteiger partial charge in [0.2, 0.25) is 0 Å². The molecule has 1 nitrogen and oxygen atoms in total. The van der Waals surface area contributed by atoms with E-state index < -0.39 is 0 Å².